The zero-order valence-corrected chi connectivity index (χ0v) is 14.1. The van der Waals surface area contributed by atoms with Crippen molar-refractivity contribution >= 4 is 5.69 Å². The molecule has 7 heteroatoms. The molecule has 2 atom stereocenters. The van der Waals surface area contributed by atoms with Gasteiger partial charge in [-0.1, -0.05) is 0 Å². The molecule has 2 fully saturated rings. The first-order valence-corrected chi connectivity index (χ1v) is 8.77. The molecule has 1 aliphatic heterocycles. The molecule has 0 spiro atoms. The van der Waals surface area contributed by atoms with Crippen molar-refractivity contribution in [2.75, 3.05) is 18.0 Å². The molecule has 0 aromatic heterocycles. The Morgan fingerprint density at radius 3 is 2.23 bits per heavy atom. The smallest absolute Gasteiger partial charge is 0.508 e. The van der Waals surface area contributed by atoms with Gasteiger partial charge in [0.1, 0.15) is 23.4 Å². The third-order valence-corrected chi connectivity index (χ3v) is 5.13. The van der Waals surface area contributed by atoms with E-state index in [1.165, 1.54) is 6.08 Å². The summed E-state index contributed by atoms with van der Waals surface area (Å²) < 4.78 is 47.3. The molecule has 1 N–H and O–H groups in total. The van der Waals surface area contributed by atoms with E-state index in [0.717, 1.165) is 37.4 Å². The van der Waals surface area contributed by atoms with Gasteiger partial charge in [0.15, 0.2) is 0 Å². The highest BCUT2D eigenvalue weighted by Gasteiger charge is 2.50. The van der Waals surface area contributed by atoms with Crippen molar-refractivity contribution in [3.63, 3.8) is 0 Å². The Labute approximate surface area is 149 Å². The first-order valence-electron chi connectivity index (χ1n) is 8.77. The number of hydrogen-bond donors (Lipinski definition) is 1. The predicted octanol–water partition coefficient (Wildman–Crippen LogP) is 4.33. The topological polar surface area (TPSA) is 41.9 Å². The number of alkyl halides is 3. The highest BCUT2D eigenvalue weighted by molar-refractivity contribution is 5.49. The number of piperidine rings is 1. The van der Waals surface area contributed by atoms with Crippen LogP contribution in [0.3, 0.4) is 0 Å². The van der Waals surface area contributed by atoms with E-state index in [0.29, 0.717) is 6.42 Å². The number of anilines is 1. The van der Waals surface area contributed by atoms with Crippen LogP contribution in [0.1, 0.15) is 19.3 Å². The van der Waals surface area contributed by atoms with Gasteiger partial charge in [0.25, 0.3) is 0 Å². The molecule has 4 rings (SSSR count). The molecule has 4 nitrogen and oxygen atoms in total. The SMILES string of the molecule is Oc1ccc(N2CCC(OC3=CC=C(OC(F)(F)F)C4CC34)CC2)cc1. The molecule has 0 radical (unpaired) electrons. The molecule has 1 saturated heterocycles. The van der Waals surface area contributed by atoms with Gasteiger partial charge in [-0.25, -0.2) is 0 Å². The lowest BCUT2D eigenvalue weighted by molar-refractivity contribution is -0.307. The van der Waals surface area contributed by atoms with Crippen LogP contribution in [0.25, 0.3) is 0 Å². The Bertz CT molecular complexity index is 719. The zero-order chi connectivity index (χ0) is 18.3. The molecule has 2 unspecified atom stereocenters. The minimum atomic E-state index is -4.63. The largest absolute Gasteiger partial charge is 0.572 e. The summed E-state index contributed by atoms with van der Waals surface area (Å²) in [6.45, 7) is 1.68. The number of hydrogen-bond acceptors (Lipinski definition) is 4. The fourth-order valence-electron chi connectivity index (χ4n) is 3.69. The molecule has 0 bridgehead atoms. The fourth-order valence-corrected chi connectivity index (χ4v) is 3.69. The summed E-state index contributed by atoms with van der Waals surface area (Å²) in [5, 5.41) is 9.37. The monoisotopic (exact) mass is 367 g/mol. The first-order chi connectivity index (χ1) is 12.4. The second kappa shape index (κ2) is 6.45. The third-order valence-electron chi connectivity index (χ3n) is 5.13. The van der Waals surface area contributed by atoms with Gasteiger partial charge in [-0.05, 0) is 42.8 Å². The number of allylic oxidation sites excluding steroid dienone is 4. The summed E-state index contributed by atoms with van der Waals surface area (Å²) in [6.07, 6.45) is 0.821. The van der Waals surface area contributed by atoms with Crippen LogP contribution in [-0.4, -0.2) is 30.7 Å². The van der Waals surface area contributed by atoms with E-state index in [-0.39, 0.29) is 29.4 Å². The van der Waals surface area contributed by atoms with Gasteiger partial charge in [0.05, 0.1) is 0 Å². The van der Waals surface area contributed by atoms with E-state index >= 15 is 0 Å². The van der Waals surface area contributed by atoms with E-state index in [1.807, 2.05) is 12.1 Å². The van der Waals surface area contributed by atoms with E-state index in [2.05, 4.69) is 9.64 Å². The fraction of sp³-hybridized carbons (Fsp3) is 0.474. The van der Waals surface area contributed by atoms with E-state index in [4.69, 9.17) is 4.74 Å². The number of benzene rings is 1. The van der Waals surface area contributed by atoms with E-state index < -0.39 is 6.36 Å². The lowest BCUT2D eigenvalue weighted by Crippen LogP contribution is -2.37. The van der Waals surface area contributed by atoms with Crippen molar-refractivity contribution in [3.8, 4) is 5.75 Å². The van der Waals surface area contributed by atoms with Crippen LogP contribution in [0, 0.1) is 11.8 Å². The number of phenols is 1. The maximum absolute atomic E-state index is 12.4. The van der Waals surface area contributed by atoms with Crippen molar-refractivity contribution in [2.45, 2.75) is 31.7 Å². The molecule has 1 aromatic carbocycles. The quantitative estimate of drug-likeness (QED) is 0.860. The third kappa shape index (κ3) is 3.76. The predicted molar refractivity (Wildman–Crippen MR) is 89.3 cm³/mol. The van der Waals surface area contributed by atoms with Crippen LogP contribution in [-0.2, 0) is 9.47 Å². The molecule has 1 aromatic rings. The average Bonchev–Trinajstić information content (AvgIpc) is 3.39. The Hall–Kier alpha value is -2.31. The second-order valence-electron chi connectivity index (χ2n) is 6.96. The van der Waals surface area contributed by atoms with Gasteiger partial charge < -0.3 is 19.5 Å². The Morgan fingerprint density at radius 2 is 1.58 bits per heavy atom. The summed E-state index contributed by atoms with van der Waals surface area (Å²) in [5.41, 5.74) is 1.07. The van der Waals surface area contributed by atoms with E-state index in [9.17, 15) is 18.3 Å². The Balaban J connectivity index is 1.32. The van der Waals surface area contributed by atoms with Gasteiger partial charge >= 0.3 is 6.36 Å². The summed E-state index contributed by atoms with van der Waals surface area (Å²) in [5.74, 6) is 0.850. The van der Waals surface area contributed by atoms with Crippen LogP contribution in [0.4, 0.5) is 18.9 Å². The van der Waals surface area contributed by atoms with Crippen LogP contribution in [0.2, 0.25) is 0 Å². The number of fused-ring (bicyclic) bond motifs is 1. The van der Waals surface area contributed by atoms with Crippen LogP contribution in [0.15, 0.2) is 47.9 Å². The summed E-state index contributed by atoms with van der Waals surface area (Å²) in [6, 6.07) is 7.12. The highest BCUT2D eigenvalue weighted by atomic mass is 19.4. The number of aromatic hydroxyl groups is 1. The minimum Gasteiger partial charge on any atom is -0.508 e. The summed E-state index contributed by atoms with van der Waals surface area (Å²) in [7, 11) is 0. The molecule has 1 heterocycles. The van der Waals surface area contributed by atoms with Gasteiger partial charge in [-0.15, -0.1) is 13.2 Å². The zero-order valence-electron chi connectivity index (χ0n) is 14.1. The Kier molecular flexibility index (Phi) is 4.25. The lowest BCUT2D eigenvalue weighted by atomic mass is 10.1. The Morgan fingerprint density at radius 1 is 0.962 bits per heavy atom. The maximum atomic E-state index is 12.4. The summed E-state index contributed by atoms with van der Waals surface area (Å²) >= 11 is 0. The minimum absolute atomic E-state index is 0.00278. The molecule has 3 aliphatic rings. The van der Waals surface area contributed by atoms with Gasteiger partial charge in [0, 0.05) is 43.5 Å². The van der Waals surface area contributed by atoms with Crippen LogP contribution >= 0.6 is 0 Å². The van der Waals surface area contributed by atoms with Gasteiger partial charge in [0.2, 0.25) is 0 Å². The highest BCUT2D eigenvalue weighted by Crippen LogP contribution is 2.53. The normalized spacial score (nSPS) is 25.9. The number of phenolic OH excluding ortho intramolecular Hbond substituents is 1. The van der Waals surface area contributed by atoms with Crippen molar-refractivity contribution < 1.29 is 27.8 Å². The van der Waals surface area contributed by atoms with Crippen molar-refractivity contribution in [1.29, 1.82) is 0 Å². The maximum Gasteiger partial charge on any atom is 0.572 e. The number of nitrogens with zero attached hydrogens (tertiary/aromatic N) is 1. The van der Waals surface area contributed by atoms with Crippen molar-refractivity contribution in [2.24, 2.45) is 11.8 Å². The van der Waals surface area contributed by atoms with Crippen LogP contribution in [0.5, 0.6) is 5.75 Å². The van der Waals surface area contributed by atoms with Crippen molar-refractivity contribution in [1.82, 2.24) is 0 Å². The average molecular weight is 367 g/mol. The lowest BCUT2D eigenvalue weighted by Gasteiger charge is -2.34. The first kappa shape index (κ1) is 17.1. The summed E-state index contributed by atoms with van der Waals surface area (Å²) in [4.78, 5) is 2.24. The second-order valence-corrected chi connectivity index (χ2v) is 6.96. The van der Waals surface area contributed by atoms with E-state index in [1.54, 1.807) is 18.2 Å². The molecule has 140 valence electrons. The molecular weight excluding hydrogens is 347 g/mol. The van der Waals surface area contributed by atoms with Gasteiger partial charge in [-0.2, -0.15) is 0 Å². The number of halogens is 3. The molecule has 0 amide bonds. The van der Waals surface area contributed by atoms with Crippen molar-refractivity contribution in [3.05, 3.63) is 47.9 Å². The molecule has 26 heavy (non-hydrogen) atoms. The molecule has 1 saturated carbocycles. The number of ether oxygens (including phenoxy) is 2. The number of rotatable bonds is 4. The standard InChI is InChI=1S/C19H20F3NO3/c20-19(21,22)26-18-6-5-17(15-11-16(15)18)25-14-7-9-23(10-8-14)12-1-3-13(24)4-2-12/h1-6,14-16,24H,7-11H2. The van der Waals surface area contributed by atoms with Gasteiger partial charge in [-0.3, -0.25) is 0 Å². The molecular formula is C19H20F3NO3. The van der Waals surface area contributed by atoms with Crippen LogP contribution < -0.4 is 4.90 Å². The molecule has 2 aliphatic carbocycles.